The molecule has 0 heterocycles. The third-order valence-corrected chi connectivity index (χ3v) is 8.25. The molecule has 2 rings (SSSR count). The van der Waals surface area contributed by atoms with E-state index >= 15 is 0 Å². The van der Waals surface area contributed by atoms with Gasteiger partial charge in [-0.25, -0.2) is 4.79 Å². The Labute approximate surface area is 125 Å². The summed E-state index contributed by atoms with van der Waals surface area (Å²) in [6.07, 6.45) is 7.76. The third kappa shape index (κ3) is 2.21. The van der Waals surface area contributed by atoms with E-state index in [2.05, 4.69) is 31.8 Å². The zero-order valence-electron chi connectivity index (χ0n) is 13.2. The topological polar surface area (TPSA) is 46.5 Å². The van der Waals surface area contributed by atoms with Gasteiger partial charge in [0.15, 0.2) is 0 Å². The zero-order chi connectivity index (χ0) is 15.1. The number of methoxy groups -OCH3 is 1. The van der Waals surface area contributed by atoms with Crippen molar-refractivity contribution in [1.82, 2.24) is 0 Å². The van der Waals surface area contributed by atoms with Crippen LogP contribution in [0.5, 0.6) is 0 Å². The molecule has 4 heteroatoms. The molecule has 0 saturated heterocycles. The SMILES string of the molecule is COC(=O)/C=C/C[S+](C)[C@@H]1[C@H]2CC[C@@](C)([C@@H]1O)C2(C)C. The molecule has 1 unspecified atom stereocenters. The third-order valence-electron chi connectivity index (χ3n) is 6.01. The van der Waals surface area contributed by atoms with Crippen LogP contribution >= 0.6 is 0 Å². The van der Waals surface area contributed by atoms with Crippen LogP contribution in [0.1, 0.15) is 33.6 Å². The Balaban J connectivity index is 2.07. The fraction of sp³-hybridized carbons (Fsp3) is 0.812. The minimum absolute atomic E-state index is 0.0512. The van der Waals surface area contributed by atoms with Crippen LogP contribution in [-0.4, -0.2) is 41.5 Å². The first-order chi connectivity index (χ1) is 9.25. The minimum Gasteiger partial charge on any atom is -0.466 e. The Morgan fingerprint density at radius 1 is 1.45 bits per heavy atom. The molecule has 5 atom stereocenters. The lowest BCUT2D eigenvalue weighted by Gasteiger charge is -2.36. The fourth-order valence-electron chi connectivity index (χ4n) is 4.22. The lowest BCUT2D eigenvalue weighted by Crippen LogP contribution is -2.43. The first-order valence-electron chi connectivity index (χ1n) is 7.29. The predicted molar refractivity (Wildman–Crippen MR) is 83.7 cm³/mol. The monoisotopic (exact) mass is 299 g/mol. The van der Waals surface area contributed by atoms with Gasteiger partial charge in [-0.15, -0.1) is 0 Å². The second kappa shape index (κ2) is 5.38. The van der Waals surface area contributed by atoms with E-state index in [4.69, 9.17) is 0 Å². The van der Waals surface area contributed by atoms with Crippen LogP contribution in [0.2, 0.25) is 0 Å². The Hall–Kier alpha value is -0.480. The molecule has 0 aliphatic heterocycles. The highest BCUT2D eigenvalue weighted by molar-refractivity contribution is 7.97. The van der Waals surface area contributed by atoms with Crippen molar-refractivity contribution in [3.63, 3.8) is 0 Å². The second-order valence-corrected chi connectivity index (χ2v) is 9.24. The van der Waals surface area contributed by atoms with Crippen molar-refractivity contribution in [3.8, 4) is 0 Å². The standard InChI is InChI=1S/C16H27O3S/c1-15(2)11-8-9-16(15,3)14(18)13(11)20(5)10-6-7-12(17)19-4/h6-7,11,13-14,18H,8-10H2,1-5H3/q+1/b7-6+/t11-,13-,14-,16+,20?/m1/s1. The molecule has 2 aliphatic carbocycles. The van der Waals surface area contributed by atoms with Crippen molar-refractivity contribution in [2.75, 3.05) is 19.1 Å². The Bertz CT molecular complexity index is 418. The van der Waals surface area contributed by atoms with E-state index in [0.29, 0.717) is 11.2 Å². The van der Waals surface area contributed by atoms with Crippen molar-refractivity contribution in [3.05, 3.63) is 12.2 Å². The number of carbonyl (C=O) groups is 1. The number of rotatable bonds is 4. The van der Waals surface area contributed by atoms with E-state index in [0.717, 1.165) is 12.2 Å². The highest BCUT2D eigenvalue weighted by atomic mass is 32.2. The largest absolute Gasteiger partial charge is 0.466 e. The predicted octanol–water partition coefficient (Wildman–Crippen LogP) is 2.15. The van der Waals surface area contributed by atoms with Crippen LogP contribution < -0.4 is 0 Å². The highest BCUT2D eigenvalue weighted by Crippen LogP contribution is 2.66. The molecule has 1 N–H and O–H groups in total. The Morgan fingerprint density at radius 3 is 2.60 bits per heavy atom. The maximum Gasteiger partial charge on any atom is 0.330 e. The maximum absolute atomic E-state index is 11.1. The van der Waals surface area contributed by atoms with Gasteiger partial charge in [-0.05, 0) is 35.2 Å². The van der Waals surface area contributed by atoms with E-state index in [-0.39, 0.29) is 33.8 Å². The van der Waals surface area contributed by atoms with Crippen molar-refractivity contribution in [2.24, 2.45) is 16.7 Å². The number of fused-ring (bicyclic) bond motifs is 2. The first kappa shape index (κ1) is 15.9. The van der Waals surface area contributed by atoms with Gasteiger partial charge < -0.3 is 9.84 Å². The van der Waals surface area contributed by atoms with Gasteiger partial charge in [0.25, 0.3) is 0 Å². The number of aliphatic hydroxyl groups excluding tert-OH is 1. The number of esters is 1. The molecule has 20 heavy (non-hydrogen) atoms. The van der Waals surface area contributed by atoms with Crippen LogP contribution in [0.15, 0.2) is 12.2 Å². The van der Waals surface area contributed by atoms with Gasteiger partial charge in [-0.3, -0.25) is 0 Å². The molecule has 2 saturated carbocycles. The lowest BCUT2D eigenvalue weighted by atomic mass is 9.70. The van der Waals surface area contributed by atoms with Crippen LogP contribution in [0.4, 0.5) is 0 Å². The quantitative estimate of drug-likeness (QED) is 0.491. The summed E-state index contributed by atoms with van der Waals surface area (Å²) < 4.78 is 4.61. The summed E-state index contributed by atoms with van der Waals surface area (Å²) in [6, 6.07) is 0. The van der Waals surface area contributed by atoms with E-state index in [1.165, 1.54) is 19.6 Å². The Morgan fingerprint density at radius 2 is 2.10 bits per heavy atom. The zero-order valence-corrected chi connectivity index (χ0v) is 14.0. The molecular weight excluding hydrogens is 272 g/mol. The van der Waals surface area contributed by atoms with Crippen molar-refractivity contribution in [1.29, 1.82) is 0 Å². The van der Waals surface area contributed by atoms with Gasteiger partial charge in [-0.1, -0.05) is 20.8 Å². The smallest absolute Gasteiger partial charge is 0.330 e. The number of ether oxygens (including phenoxy) is 1. The molecular formula is C16H27O3S+. The molecule has 0 spiro atoms. The van der Waals surface area contributed by atoms with E-state index < -0.39 is 0 Å². The van der Waals surface area contributed by atoms with Crippen LogP contribution in [0.25, 0.3) is 0 Å². The second-order valence-electron chi connectivity index (χ2n) is 6.98. The van der Waals surface area contributed by atoms with Gasteiger partial charge in [-0.2, -0.15) is 0 Å². The lowest BCUT2D eigenvalue weighted by molar-refractivity contribution is -0.134. The number of hydrogen-bond donors (Lipinski definition) is 1. The molecule has 2 aliphatic rings. The number of hydrogen-bond acceptors (Lipinski definition) is 3. The molecule has 0 aromatic heterocycles. The summed E-state index contributed by atoms with van der Waals surface area (Å²) in [4.78, 5) is 11.1. The summed E-state index contributed by atoms with van der Waals surface area (Å²) in [6.45, 7) is 6.88. The molecule has 0 aromatic carbocycles. The summed E-state index contributed by atoms with van der Waals surface area (Å²) in [5, 5.41) is 11.2. The molecule has 0 radical (unpaired) electrons. The number of aliphatic hydroxyl groups is 1. The Kier molecular flexibility index (Phi) is 4.27. The molecule has 0 amide bonds. The van der Waals surface area contributed by atoms with Crippen molar-refractivity contribution >= 4 is 16.9 Å². The van der Waals surface area contributed by atoms with Gasteiger partial charge in [0.1, 0.15) is 17.1 Å². The summed E-state index contributed by atoms with van der Waals surface area (Å²) in [5.74, 6) is 1.14. The average Bonchev–Trinajstić information content (AvgIpc) is 2.70. The van der Waals surface area contributed by atoms with E-state index in [1.54, 1.807) is 0 Å². The average molecular weight is 299 g/mol. The van der Waals surface area contributed by atoms with Gasteiger partial charge in [0.2, 0.25) is 0 Å². The molecule has 0 aromatic rings. The van der Waals surface area contributed by atoms with Gasteiger partial charge in [0, 0.05) is 17.4 Å². The maximum atomic E-state index is 11.1. The van der Waals surface area contributed by atoms with Crippen molar-refractivity contribution in [2.45, 2.75) is 45.0 Å². The highest BCUT2D eigenvalue weighted by Gasteiger charge is 2.69. The fourth-order valence-corrected chi connectivity index (χ4v) is 6.62. The molecule has 2 fully saturated rings. The summed E-state index contributed by atoms with van der Waals surface area (Å²) >= 11 is 0. The first-order valence-corrected chi connectivity index (χ1v) is 9.16. The normalized spacial score (nSPS) is 40.2. The van der Waals surface area contributed by atoms with Gasteiger partial charge in [0.05, 0.1) is 13.4 Å². The van der Waals surface area contributed by atoms with E-state index in [1.807, 2.05) is 6.08 Å². The van der Waals surface area contributed by atoms with Crippen LogP contribution in [0, 0.1) is 16.7 Å². The van der Waals surface area contributed by atoms with Gasteiger partial charge >= 0.3 is 5.97 Å². The van der Waals surface area contributed by atoms with E-state index in [9.17, 15) is 9.90 Å². The molecule has 114 valence electrons. The number of carbonyl (C=O) groups excluding carboxylic acids is 1. The minimum atomic E-state index is -0.303. The summed E-state index contributed by atoms with van der Waals surface area (Å²) in [7, 11) is 1.48. The molecule has 3 nitrogen and oxygen atoms in total. The summed E-state index contributed by atoms with van der Waals surface area (Å²) in [5.41, 5.74) is 0.264. The molecule has 2 bridgehead atoms. The van der Waals surface area contributed by atoms with Crippen LogP contribution in [-0.2, 0) is 20.4 Å². The van der Waals surface area contributed by atoms with Crippen molar-refractivity contribution < 1.29 is 14.6 Å². The van der Waals surface area contributed by atoms with Crippen LogP contribution in [0.3, 0.4) is 0 Å².